The first-order valence-electron chi connectivity index (χ1n) is 6.59. The van der Waals surface area contributed by atoms with E-state index in [9.17, 15) is 4.79 Å². The van der Waals surface area contributed by atoms with Gasteiger partial charge in [-0.3, -0.25) is 4.79 Å². The molecule has 0 bridgehead atoms. The van der Waals surface area contributed by atoms with Crippen LogP contribution in [0.4, 0.5) is 0 Å². The zero-order valence-corrected chi connectivity index (χ0v) is 13.3. The van der Waals surface area contributed by atoms with E-state index in [0.717, 1.165) is 5.56 Å². The second-order valence-corrected chi connectivity index (χ2v) is 6.18. The molecule has 112 valence electrons. The highest BCUT2D eigenvalue weighted by Gasteiger charge is 2.21. The lowest BCUT2D eigenvalue weighted by Gasteiger charge is -2.29. The average molecular weight is 299 g/mol. The van der Waals surface area contributed by atoms with E-state index in [4.69, 9.17) is 22.1 Å². The number of carbonyl (C=O) groups excluding carboxylic acids is 1. The maximum absolute atomic E-state index is 12.0. The molecule has 0 aliphatic carbocycles. The molecule has 0 aromatic heterocycles. The topological polar surface area (TPSA) is 55.6 Å². The molecule has 20 heavy (non-hydrogen) atoms. The number of rotatable bonds is 6. The van der Waals surface area contributed by atoms with Crippen molar-refractivity contribution in [2.75, 3.05) is 26.7 Å². The zero-order chi connectivity index (χ0) is 15.3. The summed E-state index contributed by atoms with van der Waals surface area (Å²) in [6.45, 7) is 7.04. The molecule has 0 atom stereocenters. The molecule has 4 nitrogen and oxygen atoms in total. The van der Waals surface area contributed by atoms with E-state index >= 15 is 0 Å². The Hall–Kier alpha value is -1.26. The van der Waals surface area contributed by atoms with Crippen molar-refractivity contribution < 1.29 is 9.53 Å². The van der Waals surface area contributed by atoms with Gasteiger partial charge in [0.2, 0.25) is 0 Å². The van der Waals surface area contributed by atoms with E-state index in [2.05, 4.69) is 0 Å². The van der Waals surface area contributed by atoms with Crippen LogP contribution in [-0.2, 0) is 4.79 Å². The molecule has 0 aliphatic heterocycles. The van der Waals surface area contributed by atoms with Crippen molar-refractivity contribution in [2.24, 2.45) is 11.1 Å². The molecular formula is C15H23ClN2O2. The molecule has 1 aromatic rings. The molecule has 0 saturated heterocycles. The maximum Gasteiger partial charge on any atom is 0.260 e. The minimum atomic E-state index is -0.101. The van der Waals surface area contributed by atoms with Gasteiger partial charge in [0.15, 0.2) is 6.61 Å². The summed E-state index contributed by atoms with van der Waals surface area (Å²) in [6, 6.07) is 5.40. The number of carbonyl (C=O) groups is 1. The SMILES string of the molecule is Cc1c(Cl)cccc1OCC(=O)N(C)CC(C)(C)CN. The first-order valence-corrected chi connectivity index (χ1v) is 6.96. The molecule has 5 heteroatoms. The van der Waals surface area contributed by atoms with Crippen LogP contribution in [0.1, 0.15) is 19.4 Å². The van der Waals surface area contributed by atoms with Gasteiger partial charge >= 0.3 is 0 Å². The Balaban J connectivity index is 2.57. The van der Waals surface area contributed by atoms with Crippen LogP contribution in [0.25, 0.3) is 0 Å². The van der Waals surface area contributed by atoms with Crippen molar-refractivity contribution in [2.45, 2.75) is 20.8 Å². The van der Waals surface area contributed by atoms with Gasteiger partial charge in [-0.05, 0) is 31.0 Å². The molecule has 0 spiro atoms. The fourth-order valence-electron chi connectivity index (χ4n) is 1.79. The van der Waals surface area contributed by atoms with Crippen LogP contribution < -0.4 is 10.5 Å². The molecule has 0 unspecified atom stereocenters. The van der Waals surface area contributed by atoms with Crippen molar-refractivity contribution in [3.63, 3.8) is 0 Å². The van der Waals surface area contributed by atoms with E-state index < -0.39 is 0 Å². The van der Waals surface area contributed by atoms with E-state index in [1.807, 2.05) is 20.8 Å². The third kappa shape index (κ3) is 4.69. The van der Waals surface area contributed by atoms with Gasteiger partial charge in [-0.2, -0.15) is 0 Å². The third-order valence-electron chi connectivity index (χ3n) is 3.21. The van der Waals surface area contributed by atoms with Crippen LogP contribution in [0.15, 0.2) is 18.2 Å². The van der Waals surface area contributed by atoms with Crippen LogP contribution in [0, 0.1) is 12.3 Å². The lowest BCUT2D eigenvalue weighted by Crippen LogP contribution is -2.41. The summed E-state index contributed by atoms with van der Waals surface area (Å²) in [5.74, 6) is 0.559. The zero-order valence-electron chi connectivity index (χ0n) is 12.6. The van der Waals surface area contributed by atoms with Gasteiger partial charge in [0.25, 0.3) is 5.91 Å². The number of hydrogen-bond donors (Lipinski definition) is 1. The van der Waals surface area contributed by atoms with Gasteiger partial charge in [0, 0.05) is 24.2 Å². The van der Waals surface area contributed by atoms with Crippen molar-refractivity contribution in [3.8, 4) is 5.75 Å². The Labute approximate surface area is 125 Å². The number of amides is 1. The summed E-state index contributed by atoms with van der Waals surface area (Å²) in [5, 5.41) is 0.632. The smallest absolute Gasteiger partial charge is 0.260 e. The van der Waals surface area contributed by atoms with Gasteiger partial charge < -0.3 is 15.4 Å². The summed E-state index contributed by atoms with van der Waals surface area (Å²) >= 11 is 6.01. The summed E-state index contributed by atoms with van der Waals surface area (Å²) in [7, 11) is 1.76. The van der Waals surface area contributed by atoms with Gasteiger partial charge in [0.1, 0.15) is 5.75 Å². The van der Waals surface area contributed by atoms with E-state index in [-0.39, 0.29) is 17.9 Å². The Morgan fingerprint density at radius 1 is 1.45 bits per heavy atom. The molecule has 1 rings (SSSR count). The highest BCUT2D eigenvalue weighted by Crippen LogP contribution is 2.25. The van der Waals surface area contributed by atoms with Crippen LogP contribution >= 0.6 is 11.6 Å². The normalized spacial score (nSPS) is 11.3. The molecule has 0 heterocycles. The Morgan fingerprint density at radius 3 is 2.70 bits per heavy atom. The fourth-order valence-corrected chi connectivity index (χ4v) is 1.95. The summed E-state index contributed by atoms with van der Waals surface area (Å²) in [6.07, 6.45) is 0. The van der Waals surface area contributed by atoms with Crippen LogP contribution in [0.5, 0.6) is 5.75 Å². The van der Waals surface area contributed by atoms with E-state index in [1.54, 1.807) is 30.1 Å². The quantitative estimate of drug-likeness (QED) is 0.878. The number of nitrogens with two attached hydrogens (primary N) is 1. The number of halogens is 1. The number of benzene rings is 1. The standard InChI is InChI=1S/C15H23ClN2O2/c1-11-12(16)6-5-7-13(11)20-8-14(19)18(4)10-15(2,3)9-17/h5-7H,8-10,17H2,1-4H3. The molecule has 0 fully saturated rings. The largest absolute Gasteiger partial charge is 0.483 e. The number of likely N-dealkylation sites (N-methyl/N-ethyl adjacent to an activating group) is 1. The van der Waals surface area contributed by atoms with Gasteiger partial charge in [-0.1, -0.05) is 31.5 Å². The van der Waals surface area contributed by atoms with Crippen molar-refractivity contribution in [3.05, 3.63) is 28.8 Å². The highest BCUT2D eigenvalue weighted by atomic mass is 35.5. The van der Waals surface area contributed by atoms with Crippen LogP contribution in [0.2, 0.25) is 5.02 Å². The molecule has 0 aliphatic rings. The summed E-state index contributed by atoms with van der Waals surface area (Å²) < 4.78 is 5.54. The van der Waals surface area contributed by atoms with Crippen molar-refractivity contribution in [1.82, 2.24) is 4.90 Å². The van der Waals surface area contributed by atoms with Crippen molar-refractivity contribution in [1.29, 1.82) is 0 Å². The lowest BCUT2D eigenvalue weighted by molar-refractivity contribution is -0.133. The molecule has 1 aromatic carbocycles. The second-order valence-electron chi connectivity index (χ2n) is 5.77. The second kappa shape index (κ2) is 6.95. The van der Waals surface area contributed by atoms with Gasteiger partial charge in [-0.25, -0.2) is 0 Å². The number of ether oxygens (including phenoxy) is 1. The van der Waals surface area contributed by atoms with E-state index in [1.165, 1.54) is 0 Å². The predicted octanol–water partition coefficient (Wildman–Crippen LogP) is 2.47. The lowest BCUT2D eigenvalue weighted by atomic mass is 9.93. The fraction of sp³-hybridized carbons (Fsp3) is 0.533. The first kappa shape index (κ1) is 16.8. The predicted molar refractivity (Wildman–Crippen MR) is 82.2 cm³/mol. The summed E-state index contributed by atoms with van der Waals surface area (Å²) in [5.41, 5.74) is 6.41. The Morgan fingerprint density at radius 2 is 2.10 bits per heavy atom. The van der Waals surface area contributed by atoms with Gasteiger partial charge in [0.05, 0.1) is 0 Å². The molecular weight excluding hydrogens is 276 g/mol. The number of hydrogen-bond acceptors (Lipinski definition) is 3. The molecule has 0 radical (unpaired) electrons. The third-order valence-corrected chi connectivity index (χ3v) is 3.62. The highest BCUT2D eigenvalue weighted by molar-refractivity contribution is 6.31. The average Bonchev–Trinajstić information content (AvgIpc) is 2.39. The number of nitrogens with zero attached hydrogens (tertiary/aromatic N) is 1. The molecule has 2 N–H and O–H groups in total. The summed E-state index contributed by atoms with van der Waals surface area (Å²) in [4.78, 5) is 13.7. The van der Waals surface area contributed by atoms with Crippen LogP contribution in [-0.4, -0.2) is 37.6 Å². The Kier molecular flexibility index (Phi) is 5.84. The molecule has 1 amide bonds. The minimum absolute atomic E-state index is 0.00165. The first-order chi connectivity index (χ1) is 9.26. The van der Waals surface area contributed by atoms with Crippen LogP contribution in [0.3, 0.4) is 0 Å². The Bertz CT molecular complexity index is 475. The van der Waals surface area contributed by atoms with Gasteiger partial charge in [-0.15, -0.1) is 0 Å². The minimum Gasteiger partial charge on any atom is -0.483 e. The van der Waals surface area contributed by atoms with Crippen molar-refractivity contribution >= 4 is 17.5 Å². The molecule has 0 saturated carbocycles. The monoisotopic (exact) mass is 298 g/mol. The van der Waals surface area contributed by atoms with E-state index in [0.29, 0.717) is 23.9 Å². The maximum atomic E-state index is 12.0.